The van der Waals surface area contributed by atoms with E-state index in [1.54, 1.807) is 0 Å². The van der Waals surface area contributed by atoms with Gasteiger partial charge in [0.25, 0.3) is 0 Å². The molecule has 0 aromatic heterocycles. The van der Waals surface area contributed by atoms with Crippen LogP contribution in [0.5, 0.6) is 0 Å². The SMILES string of the molecule is Cc1ccc(CN2CCC(N(C(=O)NCCc3ccccc3)C3CCOCC3)CC2)cc1. The van der Waals surface area contributed by atoms with Crippen molar-refractivity contribution in [3.63, 3.8) is 0 Å². The molecule has 0 aliphatic carbocycles. The normalized spacial score (nSPS) is 18.4. The number of carbonyl (C=O) groups excluding carboxylic acids is 1. The first-order valence-electron chi connectivity index (χ1n) is 12.1. The average molecular weight is 436 g/mol. The van der Waals surface area contributed by atoms with Gasteiger partial charge in [-0.1, -0.05) is 60.2 Å². The molecule has 2 aliphatic heterocycles. The van der Waals surface area contributed by atoms with E-state index in [0.29, 0.717) is 12.6 Å². The van der Waals surface area contributed by atoms with Gasteiger partial charge in [0.15, 0.2) is 0 Å². The Morgan fingerprint density at radius 2 is 1.59 bits per heavy atom. The number of likely N-dealkylation sites (tertiary alicyclic amines) is 1. The molecule has 2 aromatic carbocycles. The summed E-state index contributed by atoms with van der Waals surface area (Å²) in [5.74, 6) is 0. The summed E-state index contributed by atoms with van der Waals surface area (Å²) in [6, 6.07) is 19.9. The minimum absolute atomic E-state index is 0.102. The third-order valence-corrected chi connectivity index (χ3v) is 6.83. The van der Waals surface area contributed by atoms with Crippen LogP contribution < -0.4 is 5.32 Å². The number of amides is 2. The summed E-state index contributed by atoms with van der Waals surface area (Å²) < 4.78 is 5.58. The van der Waals surface area contributed by atoms with E-state index in [4.69, 9.17) is 4.74 Å². The molecule has 2 saturated heterocycles. The van der Waals surface area contributed by atoms with Crippen molar-refractivity contribution in [1.82, 2.24) is 15.1 Å². The Morgan fingerprint density at radius 3 is 2.28 bits per heavy atom. The third-order valence-electron chi connectivity index (χ3n) is 6.83. The molecule has 0 unspecified atom stereocenters. The maximum atomic E-state index is 13.3. The first kappa shape index (κ1) is 22.8. The quantitative estimate of drug-likeness (QED) is 0.701. The predicted octanol–water partition coefficient (Wildman–Crippen LogP) is 4.39. The molecule has 5 nitrogen and oxygen atoms in total. The van der Waals surface area contributed by atoms with Gasteiger partial charge in [-0.2, -0.15) is 0 Å². The summed E-state index contributed by atoms with van der Waals surface area (Å²) in [6.45, 7) is 7.38. The zero-order valence-electron chi connectivity index (χ0n) is 19.3. The molecule has 2 fully saturated rings. The first-order chi connectivity index (χ1) is 15.7. The number of hydrogen-bond acceptors (Lipinski definition) is 3. The molecule has 2 aromatic rings. The van der Waals surface area contributed by atoms with Crippen molar-refractivity contribution >= 4 is 6.03 Å². The van der Waals surface area contributed by atoms with E-state index in [1.165, 1.54) is 16.7 Å². The number of benzene rings is 2. The molecule has 0 bridgehead atoms. The molecule has 2 aliphatic rings. The van der Waals surface area contributed by atoms with E-state index >= 15 is 0 Å². The largest absolute Gasteiger partial charge is 0.381 e. The van der Waals surface area contributed by atoms with Crippen molar-refractivity contribution in [1.29, 1.82) is 0 Å². The van der Waals surface area contributed by atoms with E-state index in [0.717, 1.165) is 65.0 Å². The fourth-order valence-corrected chi connectivity index (χ4v) is 4.95. The van der Waals surface area contributed by atoms with Crippen LogP contribution in [0.4, 0.5) is 4.79 Å². The molecule has 0 spiro atoms. The molecule has 2 amide bonds. The number of nitrogens with zero attached hydrogens (tertiary/aromatic N) is 2. The lowest BCUT2D eigenvalue weighted by atomic mass is 9.98. The Bertz CT molecular complexity index is 826. The number of nitrogens with one attached hydrogen (secondary N) is 1. The second kappa shape index (κ2) is 11.5. The summed E-state index contributed by atoms with van der Waals surface area (Å²) >= 11 is 0. The second-order valence-electron chi connectivity index (χ2n) is 9.21. The van der Waals surface area contributed by atoms with E-state index in [1.807, 2.05) is 6.07 Å². The van der Waals surface area contributed by atoms with Gasteiger partial charge in [-0.05, 0) is 50.2 Å². The lowest BCUT2D eigenvalue weighted by Gasteiger charge is -2.43. The Hall–Kier alpha value is -2.37. The van der Waals surface area contributed by atoms with Crippen molar-refractivity contribution in [2.75, 3.05) is 32.8 Å². The van der Waals surface area contributed by atoms with Gasteiger partial charge in [-0.15, -0.1) is 0 Å². The molecular formula is C27H37N3O2. The fourth-order valence-electron chi connectivity index (χ4n) is 4.95. The molecule has 32 heavy (non-hydrogen) atoms. The van der Waals surface area contributed by atoms with Crippen LogP contribution in [0.1, 0.15) is 42.4 Å². The first-order valence-corrected chi connectivity index (χ1v) is 12.1. The topological polar surface area (TPSA) is 44.8 Å². The van der Waals surface area contributed by atoms with Gasteiger partial charge in [0, 0.05) is 51.5 Å². The van der Waals surface area contributed by atoms with Crippen molar-refractivity contribution in [2.45, 2.75) is 57.7 Å². The summed E-state index contributed by atoms with van der Waals surface area (Å²) in [5, 5.41) is 3.21. The summed E-state index contributed by atoms with van der Waals surface area (Å²) in [6.07, 6.45) is 4.82. The van der Waals surface area contributed by atoms with E-state index in [2.05, 4.69) is 70.6 Å². The summed E-state index contributed by atoms with van der Waals surface area (Å²) in [7, 11) is 0. The van der Waals surface area contributed by atoms with Crippen LogP contribution >= 0.6 is 0 Å². The smallest absolute Gasteiger partial charge is 0.317 e. The second-order valence-corrected chi connectivity index (χ2v) is 9.21. The highest BCUT2D eigenvalue weighted by atomic mass is 16.5. The van der Waals surface area contributed by atoms with Gasteiger partial charge in [0.05, 0.1) is 0 Å². The molecule has 1 N–H and O–H groups in total. The monoisotopic (exact) mass is 435 g/mol. The molecule has 4 rings (SSSR count). The van der Waals surface area contributed by atoms with Crippen LogP contribution in [0.15, 0.2) is 54.6 Å². The van der Waals surface area contributed by atoms with Crippen LogP contribution in [0, 0.1) is 6.92 Å². The van der Waals surface area contributed by atoms with E-state index < -0.39 is 0 Å². The summed E-state index contributed by atoms with van der Waals surface area (Å²) in [5.41, 5.74) is 3.93. The number of rotatable bonds is 7. The number of hydrogen-bond donors (Lipinski definition) is 1. The van der Waals surface area contributed by atoms with E-state index in [-0.39, 0.29) is 12.1 Å². The zero-order valence-corrected chi connectivity index (χ0v) is 19.3. The van der Waals surface area contributed by atoms with Crippen molar-refractivity contribution in [3.8, 4) is 0 Å². The minimum atomic E-state index is 0.102. The molecule has 5 heteroatoms. The molecule has 0 saturated carbocycles. The maximum Gasteiger partial charge on any atom is 0.317 e. The van der Waals surface area contributed by atoms with Gasteiger partial charge < -0.3 is 15.0 Å². The van der Waals surface area contributed by atoms with Crippen molar-refractivity contribution < 1.29 is 9.53 Å². The third kappa shape index (κ3) is 6.33. The highest BCUT2D eigenvalue weighted by Crippen LogP contribution is 2.25. The highest BCUT2D eigenvalue weighted by Gasteiger charge is 2.34. The molecule has 0 atom stereocenters. The van der Waals surface area contributed by atoms with Gasteiger partial charge in [-0.25, -0.2) is 4.79 Å². The fraction of sp³-hybridized carbons (Fsp3) is 0.519. The predicted molar refractivity (Wildman–Crippen MR) is 129 cm³/mol. The average Bonchev–Trinajstić information content (AvgIpc) is 2.83. The van der Waals surface area contributed by atoms with Crippen LogP contribution in [0.25, 0.3) is 0 Å². The van der Waals surface area contributed by atoms with Crippen molar-refractivity contribution in [3.05, 3.63) is 71.3 Å². The molecular weight excluding hydrogens is 398 g/mol. The number of urea groups is 1. The van der Waals surface area contributed by atoms with Crippen LogP contribution in [-0.2, 0) is 17.7 Å². The lowest BCUT2D eigenvalue weighted by Crippen LogP contribution is -2.56. The number of aryl methyl sites for hydroxylation is 1. The number of carbonyl (C=O) groups is 1. The summed E-state index contributed by atoms with van der Waals surface area (Å²) in [4.78, 5) is 18.0. The van der Waals surface area contributed by atoms with E-state index in [9.17, 15) is 4.79 Å². The number of piperidine rings is 1. The van der Waals surface area contributed by atoms with Gasteiger partial charge in [-0.3, -0.25) is 4.90 Å². The minimum Gasteiger partial charge on any atom is -0.381 e. The van der Waals surface area contributed by atoms with Gasteiger partial charge in [0.2, 0.25) is 0 Å². The Kier molecular flexibility index (Phi) is 8.18. The molecule has 172 valence electrons. The lowest BCUT2D eigenvalue weighted by molar-refractivity contribution is 0.0204. The Balaban J connectivity index is 1.32. The van der Waals surface area contributed by atoms with Gasteiger partial charge >= 0.3 is 6.03 Å². The Morgan fingerprint density at radius 1 is 0.938 bits per heavy atom. The van der Waals surface area contributed by atoms with Crippen LogP contribution in [-0.4, -0.2) is 60.8 Å². The maximum absolute atomic E-state index is 13.3. The van der Waals surface area contributed by atoms with Crippen molar-refractivity contribution in [2.24, 2.45) is 0 Å². The molecule has 0 radical (unpaired) electrons. The molecule has 2 heterocycles. The Labute approximate surface area is 192 Å². The van der Waals surface area contributed by atoms with Gasteiger partial charge in [0.1, 0.15) is 0 Å². The standard InChI is InChI=1S/C27H37N3O2/c1-22-7-9-24(10-8-22)21-29-17-12-25(13-18-29)30(26-14-19-32-20-15-26)27(31)28-16-11-23-5-3-2-4-6-23/h2-10,25-26H,11-21H2,1H3,(H,28,31). The van der Waals surface area contributed by atoms with Crippen LogP contribution in [0.2, 0.25) is 0 Å². The highest BCUT2D eigenvalue weighted by molar-refractivity contribution is 5.75. The van der Waals surface area contributed by atoms with Crippen LogP contribution in [0.3, 0.4) is 0 Å². The zero-order chi connectivity index (χ0) is 22.2. The number of ether oxygens (including phenoxy) is 1.